The van der Waals surface area contributed by atoms with Crippen LogP contribution in [0.25, 0.3) is 0 Å². The largest absolute Gasteiger partial charge is 0.390 e. The maximum absolute atomic E-state index is 9.30. The van der Waals surface area contributed by atoms with Crippen LogP contribution in [0.1, 0.15) is 25.1 Å². The van der Waals surface area contributed by atoms with E-state index in [0.29, 0.717) is 12.0 Å². The summed E-state index contributed by atoms with van der Waals surface area (Å²) in [7, 11) is 2.15. The highest BCUT2D eigenvalue weighted by molar-refractivity contribution is 7.71. The molecule has 0 amide bonds. The van der Waals surface area contributed by atoms with Gasteiger partial charge in [0.15, 0.2) is 4.77 Å². The summed E-state index contributed by atoms with van der Waals surface area (Å²) in [4.78, 5) is 5.36. The molecule has 2 unspecified atom stereocenters. The van der Waals surface area contributed by atoms with Crippen LogP contribution in [0.5, 0.6) is 0 Å². The van der Waals surface area contributed by atoms with E-state index in [4.69, 9.17) is 12.2 Å². The fraction of sp³-hybridized carbons (Fsp3) is 0.727. The molecular weight excluding hydrogens is 222 g/mol. The lowest BCUT2D eigenvalue weighted by atomic mass is 9.94. The number of piperidine rings is 1. The Morgan fingerprint density at radius 1 is 1.62 bits per heavy atom. The highest BCUT2D eigenvalue weighted by atomic mass is 32.1. The lowest BCUT2D eigenvalue weighted by Crippen LogP contribution is -2.38. The van der Waals surface area contributed by atoms with Crippen molar-refractivity contribution in [2.24, 2.45) is 5.92 Å². The quantitative estimate of drug-likeness (QED) is 0.772. The van der Waals surface area contributed by atoms with Crippen molar-refractivity contribution in [2.75, 3.05) is 20.1 Å². The zero-order valence-corrected chi connectivity index (χ0v) is 10.6. The van der Waals surface area contributed by atoms with Gasteiger partial charge in [-0.1, -0.05) is 6.92 Å². The number of imidazole rings is 1. The van der Waals surface area contributed by atoms with Gasteiger partial charge in [-0.25, -0.2) is 0 Å². The Bertz CT molecular complexity index is 412. The van der Waals surface area contributed by atoms with Crippen molar-refractivity contribution >= 4 is 12.2 Å². The molecule has 0 radical (unpaired) electrons. The van der Waals surface area contributed by atoms with E-state index >= 15 is 0 Å². The molecule has 2 N–H and O–H groups in total. The maximum Gasteiger partial charge on any atom is 0.177 e. The Hall–Kier alpha value is -0.650. The van der Waals surface area contributed by atoms with Gasteiger partial charge in [0.2, 0.25) is 0 Å². The van der Waals surface area contributed by atoms with Gasteiger partial charge in [-0.05, 0) is 38.1 Å². The van der Waals surface area contributed by atoms with E-state index in [9.17, 15) is 5.11 Å². The van der Waals surface area contributed by atoms with Crippen LogP contribution < -0.4 is 0 Å². The maximum atomic E-state index is 9.30. The van der Waals surface area contributed by atoms with Crippen molar-refractivity contribution in [1.82, 2.24) is 14.5 Å². The summed E-state index contributed by atoms with van der Waals surface area (Å²) < 4.78 is 2.82. The molecule has 0 bridgehead atoms. The van der Waals surface area contributed by atoms with Crippen molar-refractivity contribution < 1.29 is 5.11 Å². The smallest absolute Gasteiger partial charge is 0.177 e. The molecule has 2 atom stereocenters. The van der Waals surface area contributed by atoms with Gasteiger partial charge in [0.25, 0.3) is 0 Å². The normalized spacial score (nSPS) is 27.2. The van der Waals surface area contributed by atoms with Gasteiger partial charge in [-0.2, -0.15) is 0 Å². The predicted octanol–water partition coefficient (Wildman–Crippen LogP) is 1.55. The fourth-order valence-corrected chi connectivity index (χ4v) is 2.94. The summed E-state index contributed by atoms with van der Waals surface area (Å²) in [5.41, 5.74) is 0.895. The number of hydrogen-bond acceptors (Lipinski definition) is 3. The Morgan fingerprint density at radius 2 is 2.38 bits per heavy atom. The topological polar surface area (TPSA) is 44.2 Å². The van der Waals surface area contributed by atoms with Crippen molar-refractivity contribution in [3.8, 4) is 0 Å². The third-order valence-electron chi connectivity index (χ3n) is 3.45. The number of likely N-dealkylation sites (tertiary alicyclic amines) is 1. The van der Waals surface area contributed by atoms with E-state index < -0.39 is 0 Å². The molecule has 1 fully saturated rings. The number of rotatable bonds is 2. The van der Waals surface area contributed by atoms with Crippen molar-refractivity contribution in [1.29, 1.82) is 0 Å². The number of aliphatic hydroxyl groups excluding tert-OH is 1. The number of aliphatic hydroxyl groups is 1. The van der Waals surface area contributed by atoms with Crippen molar-refractivity contribution in [3.05, 3.63) is 16.7 Å². The van der Waals surface area contributed by atoms with Crippen molar-refractivity contribution in [2.45, 2.75) is 26.0 Å². The van der Waals surface area contributed by atoms with Crippen LogP contribution in [0.2, 0.25) is 0 Å². The molecule has 4 nitrogen and oxygen atoms in total. The fourth-order valence-electron chi connectivity index (χ4n) is 2.63. The van der Waals surface area contributed by atoms with E-state index in [2.05, 4.69) is 28.4 Å². The molecule has 1 aliphatic heterocycles. The van der Waals surface area contributed by atoms with Gasteiger partial charge in [0.1, 0.15) is 0 Å². The first-order chi connectivity index (χ1) is 7.63. The Morgan fingerprint density at radius 3 is 3.00 bits per heavy atom. The molecule has 0 aromatic carbocycles. The molecule has 0 saturated carbocycles. The Kier molecular flexibility index (Phi) is 3.47. The van der Waals surface area contributed by atoms with Crippen LogP contribution in [0.4, 0.5) is 0 Å². The molecule has 2 rings (SSSR count). The number of nitrogens with one attached hydrogen (secondary N) is 1. The molecule has 0 aliphatic carbocycles. The second kappa shape index (κ2) is 4.69. The van der Waals surface area contributed by atoms with Crippen LogP contribution in [0, 0.1) is 10.7 Å². The van der Waals surface area contributed by atoms with Crippen LogP contribution in [0.15, 0.2) is 6.20 Å². The molecule has 16 heavy (non-hydrogen) atoms. The van der Waals surface area contributed by atoms with Crippen LogP contribution in [-0.2, 0) is 6.61 Å². The van der Waals surface area contributed by atoms with Gasteiger partial charge in [0, 0.05) is 18.8 Å². The zero-order chi connectivity index (χ0) is 11.7. The van der Waals surface area contributed by atoms with E-state index in [1.807, 2.05) is 6.20 Å². The molecule has 1 aromatic heterocycles. The SMILES string of the molecule is CC1CN(C)CCC1n1c(CO)c[nH]c1=S. The number of aromatic nitrogens is 2. The number of nitrogens with zero attached hydrogens (tertiary/aromatic N) is 2. The monoisotopic (exact) mass is 241 g/mol. The summed E-state index contributed by atoms with van der Waals surface area (Å²) in [6.07, 6.45) is 2.91. The molecule has 1 aliphatic rings. The minimum Gasteiger partial charge on any atom is -0.390 e. The summed E-state index contributed by atoms with van der Waals surface area (Å²) >= 11 is 5.29. The summed E-state index contributed by atoms with van der Waals surface area (Å²) in [6.45, 7) is 4.47. The number of H-pyrrole nitrogens is 1. The van der Waals surface area contributed by atoms with Gasteiger partial charge in [0.05, 0.1) is 12.3 Å². The molecule has 0 spiro atoms. The first-order valence-electron chi connectivity index (χ1n) is 5.71. The standard InChI is InChI=1S/C11H19N3OS/c1-8-6-13(2)4-3-10(8)14-9(7-15)5-12-11(14)16/h5,8,10,15H,3-4,6-7H2,1-2H3,(H,12,16). The number of aromatic amines is 1. The van der Waals surface area contributed by atoms with Gasteiger partial charge in [-0.3, -0.25) is 0 Å². The molecule has 1 saturated heterocycles. The second-order valence-electron chi connectivity index (χ2n) is 4.71. The minimum absolute atomic E-state index is 0.0478. The van der Waals surface area contributed by atoms with Crippen LogP contribution >= 0.6 is 12.2 Å². The minimum atomic E-state index is 0.0478. The van der Waals surface area contributed by atoms with Crippen LogP contribution in [0.3, 0.4) is 0 Å². The number of hydrogen-bond donors (Lipinski definition) is 2. The van der Waals surface area contributed by atoms with Crippen LogP contribution in [-0.4, -0.2) is 39.7 Å². The Labute approximate surface area is 101 Å². The summed E-state index contributed by atoms with van der Waals surface area (Å²) in [5, 5.41) is 9.30. The molecular formula is C11H19N3OS. The molecule has 1 aromatic rings. The van der Waals surface area contributed by atoms with E-state index in [-0.39, 0.29) is 6.61 Å². The van der Waals surface area contributed by atoms with Gasteiger partial charge in [-0.15, -0.1) is 0 Å². The third kappa shape index (κ3) is 2.07. The predicted molar refractivity (Wildman–Crippen MR) is 65.9 cm³/mol. The van der Waals surface area contributed by atoms with E-state index in [1.54, 1.807) is 0 Å². The molecule has 90 valence electrons. The first-order valence-corrected chi connectivity index (χ1v) is 6.12. The second-order valence-corrected chi connectivity index (χ2v) is 5.10. The molecule has 2 heterocycles. The third-order valence-corrected chi connectivity index (χ3v) is 3.76. The van der Waals surface area contributed by atoms with Gasteiger partial charge >= 0.3 is 0 Å². The highest BCUT2D eigenvalue weighted by Crippen LogP contribution is 2.28. The molecule has 5 heteroatoms. The van der Waals surface area contributed by atoms with E-state index in [1.165, 1.54) is 0 Å². The zero-order valence-electron chi connectivity index (χ0n) is 9.81. The van der Waals surface area contributed by atoms with Crippen molar-refractivity contribution in [3.63, 3.8) is 0 Å². The lowest BCUT2D eigenvalue weighted by molar-refractivity contribution is 0.151. The summed E-state index contributed by atoms with van der Waals surface area (Å²) in [5.74, 6) is 0.562. The van der Waals surface area contributed by atoms with Gasteiger partial charge < -0.3 is 19.6 Å². The summed E-state index contributed by atoms with van der Waals surface area (Å²) in [6, 6.07) is 0.414. The van der Waals surface area contributed by atoms with E-state index in [0.717, 1.165) is 30.0 Å². The average molecular weight is 241 g/mol. The first kappa shape index (κ1) is 11.8. The Balaban J connectivity index is 2.29. The lowest BCUT2D eigenvalue weighted by Gasteiger charge is -2.36. The highest BCUT2D eigenvalue weighted by Gasteiger charge is 2.27. The average Bonchev–Trinajstić information content (AvgIpc) is 2.60.